The van der Waals surface area contributed by atoms with Gasteiger partial charge in [-0.3, -0.25) is 9.36 Å². The summed E-state index contributed by atoms with van der Waals surface area (Å²) in [5.74, 6) is 0. The molecule has 0 spiro atoms. The highest BCUT2D eigenvalue weighted by Crippen LogP contribution is 2.16. The number of aromatic nitrogens is 2. The Morgan fingerprint density at radius 3 is 2.47 bits per heavy atom. The van der Waals surface area contributed by atoms with Crippen LogP contribution in [-0.4, -0.2) is 9.55 Å². The van der Waals surface area contributed by atoms with Crippen molar-refractivity contribution in [2.45, 2.75) is 45.6 Å². The molecular weight excluding hydrogens is 192 g/mol. The Labute approximate surface area is 88.0 Å². The number of nitrogens with zero attached hydrogens (tertiary/aromatic N) is 1. The maximum Gasteiger partial charge on any atom is 0.329 e. The number of aromatic amines is 1. The molecule has 1 heterocycles. The summed E-state index contributed by atoms with van der Waals surface area (Å²) in [5.41, 5.74) is 0.782. The van der Waals surface area contributed by atoms with Crippen molar-refractivity contribution in [2.75, 3.05) is 0 Å². The van der Waals surface area contributed by atoms with Gasteiger partial charge in [-0.15, -0.1) is 0 Å². The molecule has 1 aromatic heterocycles. The SMILES string of the molecule is CC(C)(C)n1c(=O)[nH]c2c(c1=O)CCC2. The van der Waals surface area contributed by atoms with E-state index >= 15 is 0 Å². The highest BCUT2D eigenvalue weighted by atomic mass is 16.2. The summed E-state index contributed by atoms with van der Waals surface area (Å²) in [7, 11) is 0. The first kappa shape index (κ1) is 10.2. The molecule has 4 nitrogen and oxygen atoms in total. The van der Waals surface area contributed by atoms with Crippen molar-refractivity contribution in [3.8, 4) is 0 Å². The number of rotatable bonds is 0. The predicted octanol–water partition coefficient (Wildman–Crippen LogP) is 0.780. The molecule has 0 saturated heterocycles. The molecule has 0 saturated carbocycles. The second-order valence-corrected chi connectivity index (χ2v) is 5.05. The number of hydrogen-bond acceptors (Lipinski definition) is 2. The number of H-pyrrole nitrogens is 1. The summed E-state index contributed by atoms with van der Waals surface area (Å²) < 4.78 is 1.32. The molecule has 4 heteroatoms. The maximum absolute atomic E-state index is 12.1. The third kappa shape index (κ3) is 1.54. The molecule has 0 aliphatic heterocycles. The topological polar surface area (TPSA) is 54.9 Å². The second-order valence-electron chi connectivity index (χ2n) is 5.05. The van der Waals surface area contributed by atoms with E-state index in [0.717, 1.165) is 30.5 Å². The lowest BCUT2D eigenvalue weighted by Crippen LogP contribution is -2.46. The standard InChI is InChI=1S/C11H16N2O2/c1-11(2,3)13-9(14)7-5-4-6-8(7)12-10(13)15/h4-6H2,1-3H3,(H,12,15). The van der Waals surface area contributed by atoms with Crippen molar-refractivity contribution in [3.63, 3.8) is 0 Å². The molecule has 1 aliphatic rings. The van der Waals surface area contributed by atoms with Gasteiger partial charge in [0.1, 0.15) is 0 Å². The van der Waals surface area contributed by atoms with Crippen molar-refractivity contribution < 1.29 is 0 Å². The quantitative estimate of drug-likeness (QED) is 0.685. The van der Waals surface area contributed by atoms with E-state index in [1.54, 1.807) is 0 Å². The van der Waals surface area contributed by atoms with Crippen LogP contribution in [0.1, 0.15) is 38.4 Å². The minimum atomic E-state index is -0.456. The van der Waals surface area contributed by atoms with E-state index in [0.29, 0.717) is 0 Å². The highest BCUT2D eigenvalue weighted by Gasteiger charge is 2.24. The molecule has 15 heavy (non-hydrogen) atoms. The van der Waals surface area contributed by atoms with Gasteiger partial charge in [0.05, 0.1) is 0 Å². The maximum atomic E-state index is 12.1. The van der Waals surface area contributed by atoms with E-state index < -0.39 is 5.54 Å². The third-order valence-electron chi connectivity index (χ3n) is 2.81. The first-order chi connectivity index (χ1) is 6.91. The number of fused-ring (bicyclic) bond motifs is 1. The molecule has 0 aromatic carbocycles. The van der Waals surface area contributed by atoms with E-state index in [1.165, 1.54) is 4.57 Å². The van der Waals surface area contributed by atoms with Crippen LogP contribution in [-0.2, 0) is 18.4 Å². The lowest BCUT2D eigenvalue weighted by molar-refractivity contribution is 0.364. The van der Waals surface area contributed by atoms with Gasteiger partial charge in [0, 0.05) is 16.8 Å². The smallest absolute Gasteiger partial charge is 0.311 e. The van der Waals surface area contributed by atoms with Crippen LogP contribution in [0.25, 0.3) is 0 Å². The van der Waals surface area contributed by atoms with Crippen LogP contribution in [0, 0.1) is 0 Å². The number of nitrogens with one attached hydrogen (secondary N) is 1. The second kappa shape index (κ2) is 3.08. The number of aryl methyl sites for hydroxylation is 1. The van der Waals surface area contributed by atoms with Gasteiger partial charge < -0.3 is 4.98 Å². The average Bonchev–Trinajstić information content (AvgIpc) is 2.48. The minimum Gasteiger partial charge on any atom is -0.311 e. The molecular formula is C11H16N2O2. The van der Waals surface area contributed by atoms with Crippen LogP contribution in [0.15, 0.2) is 9.59 Å². The lowest BCUT2D eigenvalue weighted by Gasteiger charge is -2.21. The molecule has 1 N–H and O–H groups in total. The van der Waals surface area contributed by atoms with Crippen LogP contribution < -0.4 is 11.2 Å². The Morgan fingerprint density at radius 2 is 1.87 bits per heavy atom. The van der Waals surface area contributed by atoms with Gasteiger partial charge in [-0.1, -0.05) is 0 Å². The van der Waals surface area contributed by atoms with Crippen molar-refractivity contribution in [1.82, 2.24) is 9.55 Å². The Bertz CT molecular complexity index is 503. The highest BCUT2D eigenvalue weighted by molar-refractivity contribution is 5.22. The molecule has 82 valence electrons. The largest absolute Gasteiger partial charge is 0.329 e. The summed E-state index contributed by atoms with van der Waals surface area (Å²) in [4.78, 5) is 26.6. The first-order valence-corrected chi connectivity index (χ1v) is 5.29. The summed E-state index contributed by atoms with van der Waals surface area (Å²) in [6.07, 6.45) is 2.58. The molecule has 0 radical (unpaired) electrons. The molecule has 1 aliphatic carbocycles. The Hall–Kier alpha value is -1.32. The fraction of sp³-hybridized carbons (Fsp3) is 0.636. The zero-order valence-electron chi connectivity index (χ0n) is 9.39. The van der Waals surface area contributed by atoms with Crippen molar-refractivity contribution >= 4 is 0 Å². The van der Waals surface area contributed by atoms with Crippen LogP contribution in [0.3, 0.4) is 0 Å². The Kier molecular flexibility index (Phi) is 2.10. The lowest BCUT2D eigenvalue weighted by atomic mass is 10.1. The van der Waals surface area contributed by atoms with Crippen molar-refractivity contribution in [2.24, 2.45) is 0 Å². The molecule has 2 rings (SSSR count). The van der Waals surface area contributed by atoms with Gasteiger partial charge in [-0.05, 0) is 40.0 Å². The van der Waals surface area contributed by atoms with Gasteiger partial charge in [0.15, 0.2) is 0 Å². The third-order valence-corrected chi connectivity index (χ3v) is 2.81. The summed E-state index contributed by atoms with van der Waals surface area (Å²) >= 11 is 0. The van der Waals surface area contributed by atoms with E-state index in [-0.39, 0.29) is 11.2 Å². The zero-order chi connectivity index (χ0) is 11.2. The Balaban J connectivity index is 2.79. The summed E-state index contributed by atoms with van der Waals surface area (Å²) in [6, 6.07) is 0. The molecule has 0 unspecified atom stereocenters. The normalized spacial score (nSPS) is 15.4. The molecule has 1 aromatic rings. The summed E-state index contributed by atoms with van der Waals surface area (Å²) in [6.45, 7) is 5.60. The van der Waals surface area contributed by atoms with Gasteiger partial charge in [-0.25, -0.2) is 4.79 Å². The zero-order valence-corrected chi connectivity index (χ0v) is 9.39. The molecule has 0 fully saturated rings. The first-order valence-electron chi connectivity index (χ1n) is 5.29. The average molecular weight is 208 g/mol. The van der Waals surface area contributed by atoms with Crippen LogP contribution in [0.4, 0.5) is 0 Å². The van der Waals surface area contributed by atoms with Gasteiger partial charge in [0.25, 0.3) is 5.56 Å². The van der Waals surface area contributed by atoms with E-state index in [4.69, 9.17) is 0 Å². The van der Waals surface area contributed by atoms with Gasteiger partial charge in [-0.2, -0.15) is 0 Å². The van der Waals surface area contributed by atoms with E-state index in [9.17, 15) is 9.59 Å². The van der Waals surface area contributed by atoms with Crippen molar-refractivity contribution in [3.05, 3.63) is 32.1 Å². The van der Waals surface area contributed by atoms with E-state index in [2.05, 4.69) is 4.98 Å². The van der Waals surface area contributed by atoms with Crippen LogP contribution in [0.2, 0.25) is 0 Å². The van der Waals surface area contributed by atoms with Gasteiger partial charge >= 0.3 is 5.69 Å². The predicted molar refractivity (Wildman–Crippen MR) is 58.3 cm³/mol. The minimum absolute atomic E-state index is 0.112. The van der Waals surface area contributed by atoms with Crippen LogP contribution >= 0.6 is 0 Å². The summed E-state index contributed by atoms with van der Waals surface area (Å²) in [5, 5.41) is 0. The van der Waals surface area contributed by atoms with E-state index in [1.807, 2.05) is 20.8 Å². The molecule has 0 bridgehead atoms. The Morgan fingerprint density at radius 1 is 1.20 bits per heavy atom. The molecule has 0 amide bonds. The number of hydrogen-bond donors (Lipinski definition) is 1. The molecule has 0 atom stereocenters. The fourth-order valence-electron chi connectivity index (χ4n) is 2.14. The monoisotopic (exact) mass is 208 g/mol. The fourth-order valence-corrected chi connectivity index (χ4v) is 2.14. The van der Waals surface area contributed by atoms with Crippen molar-refractivity contribution in [1.29, 1.82) is 0 Å². The van der Waals surface area contributed by atoms with Gasteiger partial charge in [0.2, 0.25) is 0 Å². The van der Waals surface area contributed by atoms with Crippen LogP contribution in [0.5, 0.6) is 0 Å².